The molecule has 0 radical (unpaired) electrons. The Morgan fingerprint density at radius 1 is 1.40 bits per heavy atom. The quantitative estimate of drug-likeness (QED) is 0.760. The summed E-state index contributed by atoms with van der Waals surface area (Å²) in [7, 11) is 1.93. The summed E-state index contributed by atoms with van der Waals surface area (Å²) in [4.78, 5) is 24.9. The van der Waals surface area contributed by atoms with Crippen LogP contribution in [0.25, 0.3) is 0 Å². The van der Waals surface area contributed by atoms with Gasteiger partial charge < -0.3 is 10.4 Å². The van der Waals surface area contributed by atoms with Crippen molar-refractivity contribution in [2.75, 3.05) is 13.1 Å². The maximum Gasteiger partial charge on any atom is 0.490 e. The Bertz CT molecular complexity index is 874. The van der Waals surface area contributed by atoms with Crippen molar-refractivity contribution in [1.29, 1.82) is 0 Å². The molecule has 30 heavy (non-hydrogen) atoms. The lowest BCUT2D eigenvalue weighted by Crippen LogP contribution is -2.53. The number of piperidine rings is 1. The van der Waals surface area contributed by atoms with E-state index in [1.54, 1.807) is 0 Å². The molecule has 2 N–H and O–H groups in total. The van der Waals surface area contributed by atoms with Crippen molar-refractivity contribution in [1.82, 2.24) is 20.0 Å². The van der Waals surface area contributed by atoms with Crippen LogP contribution in [-0.4, -0.2) is 56.5 Å². The van der Waals surface area contributed by atoms with Crippen LogP contribution in [0.2, 0.25) is 0 Å². The first-order chi connectivity index (χ1) is 14.1. The summed E-state index contributed by atoms with van der Waals surface area (Å²) in [5.41, 5.74) is 1.11. The van der Waals surface area contributed by atoms with Crippen LogP contribution in [0.5, 0.6) is 0 Å². The standard InChI is InChI=1S/C17H22N4OS.C2HF3O2/c1-20-11-13(10-18-20)15-9-16(22)19-17(15)4-6-21(7-5-17)12-14-3-2-8-23-14;3-2(4,5)1(6)7/h2-3,8,10-11,15H,4-7,9,12H2,1H3,(H,19,22);(H,6,7). The van der Waals surface area contributed by atoms with Crippen molar-refractivity contribution in [3.63, 3.8) is 0 Å². The van der Waals surface area contributed by atoms with E-state index in [9.17, 15) is 18.0 Å². The fourth-order valence-corrected chi connectivity index (χ4v) is 4.81. The van der Waals surface area contributed by atoms with Crippen molar-refractivity contribution in [2.45, 2.75) is 43.4 Å². The van der Waals surface area contributed by atoms with E-state index in [0.29, 0.717) is 6.42 Å². The van der Waals surface area contributed by atoms with Gasteiger partial charge in [0, 0.05) is 55.6 Å². The second kappa shape index (κ2) is 8.76. The van der Waals surface area contributed by atoms with E-state index in [4.69, 9.17) is 9.90 Å². The summed E-state index contributed by atoms with van der Waals surface area (Å²) in [6.07, 6.45) is 1.53. The minimum atomic E-state index is -5.08. The van der Waals surface area contributed by atoms with Gasteiger partial charge in [0.25, 0.3) is 0 Å². The molecule has 0 saturated carbocycles. The predicted octanol–water partition coefficient (Wildman–Crippen LogP) is 2.75. The van der Waals surface area contributed by atoms with E-state index >= 15 is 0 Å². The van der Waals surface area contributed by atoms with E-state index < -0.39 is 12.1 Å². The largest absolute Gasteiger partial charge is 0.490 e. The van der Waals surface area contributed by atoms with Crippen molar-refractivity contribution in [3.05, 3.63) is 40.3 Å². The van der Waals surface area contributed by atoms with Gasteiger partial charge in [-0.3, -0.25) is 14.4 Å². The van der Waals surface area contributed by atoms with E-state index in [1.807, 2.05) is 29.3 Å². The number of hydrogen-bond acceptors (Lipinski definition) is 5. The van der Waals surface area contributed by atoms with Crippen LogP contribution in [0.4, 0.5) is 13.2 Å². The third-order valence-corrected chi connectivity index (χ3v) is 6.38. The third kappa shape index (κ3) is 5.20. The van der Waals surface area contributed by atoms with E-state index in [1.165, 1.54) is 10.4 Å². The van der Waals surface area contributed by atoms with Crippen LogP contribution < -0.4 is 5.32 Å². The van der Waals surface area contributed by atoms with Gasteiger partial charge >= 0.3 is 12.1 Å². The monoisotopic (exact) mass is 444 g/mol. The minimum Gasteiger partial charge on any atom is -0.475 e. The topological polar surface area (TPSA) is 87.5 Å². The second-order valence-corrected chi connectivity index (χ2v) is 8.60. The lowest BCUT2D eigenvalue weighted by Gasteiger charge is -2.42. The van der Waals surface area contributed by atoms with Crippen LogP contribution in [-0.2, 0) is 23.2 Å². The first-order valence-corrected chi connectivity index (χ1v) is 10.3. The van der Waals surface area contributed by atoms with Gasteiger partial charge in [-0.2, -0.15) is 18.3 Å². The number of hydrogen-bond donors (Lipinski definition) is 2. The number of nitrogens with zero attached hydrogens (tertiary/aromatic N) is 3. The predicted molar refractivity (Wildman–Crippen MR) is 104 cm³/mol. The summed E-state index contributed by atoms with van der Waals surface area (Å²) in [6.45, 7) is 3.10. The molecule has 0 aromatic carbocycles. The number of aromatic nitrogens is 2. The number of amides is 1. The van der Waals surface area contributed by atoms with Crippen LogP contribution >= 0.6 is 11.3 Å². The van der Waals surface area contributed by atoms with Crippen molar-refractivity contribution in [2.24, 2.45) is 7.05 Å². The van der Waals surface area contributed by atoms with Crippen molar-refractivity contribution in [3.8, 4) is 0 Å². The molecular weight excluding hydrogens is 421 g/mol. The molecule has 4 rings (SSSR count). The number of carbonyl (C=O) groups is 2. The Morgan fingerprint density at radius 2 is 2.07 bits per heavy atom. The summed E-state index contributed by atoms with van der Waals surface area (Å²) < 4.78 is 33.6. The van der Waals surface area contributed by atoms with Gasteiger partial charge in [0.05, 0.1) is 6.20 Å². The first-order valence-electron chi connectivity index (χ1n) is 9.43. The highest BCUT2D eigenvalue weighted by atomic mass is 32.1. The molecule has 4 heterocycles. The number of aryl methyl sites for hydroxylation is 1. The number of thiophene rings is 1. The molecule has 11 heteroatoms. The molecule has 1 spiro atoms. The molecule has 2 fully saturated rings. The van der Waals surface area contributed by atoms with Gasteiger partial charge in [-0.05, 0) is 29.9 Å². The number of aliphatic carboxylic acids is 1. The minimum absolute atomic E-state index is 0.0773. The molecule has 2 saturated heterocycles. The molecule has 7 nitrogen and oxygen atoms in total. The molecule has 2 aliphatic rings. The highest BCUT2D eigenvalue weighted by molar-refractivity contribution is 7.09. The number of alkyl halides is 3. The zero-order valence-electron chi connectivity index (χ0n) is 16.4. The number of carbonyl (C=O) groups excluding carboxylic acids is 1. The highest BCUT2D eigenvalue weighted by Gasteiger charge is 2.49. The number of nitrogens with one attached hydrogen (secondary N) is 1. The molecule has 1 atom stereocenters. The van der Waals surface area contributed by atoms with Crippen LogP contribution in [0.15, 0.2) is 29.9 Å². The molecule has 2 aliphatic heterocycles. The summed E-state index contributed by atoms with van der Waals surface area (Å²) in [6, 6.07) is 4.31. The number of carboxylic acid groups (broad SMARTS) is 1. The van der Waals surface area contributed by atoms with Gasteiger partial charge in [-0.1, -0.05) is 6.07 Å². The van der Waals surface area contributed by atoms with Crippen LogP contribution in [0.1, 0.15) is 35.6 Å². The van der Waals surface area contributed by atoms with Gasteiger partial charge in [-0.25, -0.2) is 4.79 Å². The zero-order valence-corrected chi connectivity index (χ0v) is 17.2. The number of rotatable bonds is 3. The normalized spacial score (nSPS) is 21.2. The highest BCUT2D eigenvalue weighted by Crippen LogP contribution is 2.43. The smallest absolute Gasteiger partial charge is 0.475 e. The maximum atomic E-state index is 12.1. The fraction of sp³-hybridized carbons (Fsp3) is 0.526. The van der Waals surface area contributed by atoms with E-state index in [-0.39, 0.29) is 17.4 Å². The molecule has 2 aromatic rings. The van der Waals surface area contributed by atoms with Crippen LogP contribution in [0.3, 0.4) is 0 Å². The molecular formula is C19H23F3N4O3S. The van der Waals surface area contributed by atoms with Gasteiger partial charge in [0.1, 0.15) is 0 Å². The Hall–Kier alpha value is -2.40. The molecule has 164 valence electrons. The molecule has 1 amide bonds. The first kappa shape index (κ1) is 22.3. The van der Waals surface area contributed by atoms with Crippen molar-refractivity contribution >= 4 is 23.2 Å². The van der Waals surface area contributed by atoms with E-state index in [2.05, 4.69) is 39.0 Å². The maximum absolute atomic E-state index is 12.1. The van der Waals surface area contributed by atoms with Gasteiger partial charge in [0.2, 0.25) is 5.91 Å². The summed E-state index contributed by atoms with van der Waals surface area (Å²) >= 11 is 1.82. The summed E-state index contributed by atoms with van der Waals surface area (Å²) in [5.74, 6) is -2.31. The molecule has 0 bridgehead atoms. The Labute approximate surface area is 175 Å². The Morgan fingerprint density at radius 3 is 2.57 bits per heavy atom. The van der Waals surface area contributed by atoms with Crippen molar-refractivity contribution < 1.29 is 27.9 Å². The van der Waals surface area contributed by atoms with Gasteiger partial charge in [0.15, 0.2) is 0 Å². The summed E-state index contributed by atoms with van der Waals surface area (Å²) in [5, 5.41) is 16.9. The number of likely N-dealkylation sites (tertiary alicyclic amines) is 1. The van der Waals surface area contributed by atoms with Gasteiger partial charge in [-0.15, -0.1) is 11.3 Å². The molecule has 2 aromatic heterocycles. The Kier molecular flexibility index (Phi) is 6.51. The lowest BCUT2D eigenvalue weighted by molar-refractivity contribution is -0.192. The molecule has 1 unspecified atom stereocenters. The third-order valence-electron chi connectivity index (χ3n) is 5.52. The second-order valence-electron chi connectivity index (χ2n) is 7.57. The van der Waals surface area contributed by atoms with E-state index in [0.717, 1.165) is 32.5 Å². The SMILES string of the molecule is Cn1cc(C2CC(=O)NC23CCN(Cc2cccs2)CC3)cn1.O=C(O)C(F)(F)F. The average Bonchev–Trinajstić information content (AvgIpc) is 3.38. The molecule has 0 aliphatic carbocycles. The average molecular weight is 444 g/mol. The number of carboxylic acids is 1. The zero-order chi connectivity index (χ0) is 21.9. The lowest BCUT2D eigenvalue weighted by atomic mass is 9.75. The number of halogens is 3. The van der Waals surface area contributed by atoms with Crippen LogP contribution in [0, 0.1) is 0 Å². The fourth-order valence-electron chi connectivity index (χ4n) is 4.06. The Balaban J connectivity index is 0.000000318.